The van der Waals surface area contributed by atoms with E-state index in [0.29, 0.717) is 40.5 Å². The van der Waals surface area contributed by atoms with Gasteiger partial charge in [0.2, 0.25) is 11.8 Å². The molecule has 2 heterocycles. The lowest BCUT2D eigenvalue weighted by atomic mass is 9.67. The Labute approximate surface area is 283 Å². The summed E-state index contributed by atoms with van der Waals surface area (Å²) in [5.41, 5.74) is 0.394. The Bertz CT molecular complexity index is 1820. The van der Waals surface area contributed by atoms with E-state index in [4.69, 9.17) is 16.3 Å². The Hall–Kier alpha value is -4.09. The van der Waals surface area contributed by atoms with Crippen LogP contribution in [0, 0.1) is 23.7 Å². The molecule has 3 aliphatic rings. The van der Waals surface area contributed by atoms with Crippen molar-refractivity contribution >= 4 is 40.8 Å². The average molecular weight is 704 g/mol. The maximum absolute atomic E-state index is 13.9. The quantitative estimate of drug-likeness (QED) is 0.115. The van der Waals surface area contributed by atoms with Crippen LogP contribution in [0.25, 0.3) is 11.6 Å². The van der Waals surface area contributed by atoms with E-state index in [2.05, 4.69) is 0 Å². The highest BCUT2D eigenvalue weighted by molar-refractivity contribution is 6.32. The number of anilines is 1. The summed E-state index contributed by atoms with van der Waals surface area (Å²) < 4.78 is 88.3. The molecular formula is C37H32ClF6NO4. The number of rotatable bonds is 7. The monoisotopic (exact) mass is 703 g/mol. The Balaban J connectivity index is 1.32. The van der Waals surface area contributed by atoms with Crippen LogP contribution < -0.4 is 4.90 Å². The largest absolute Gasteiger partial charge is 0.508 e. The fourth-order valence-electron chi connectivity index (χ4n) is 7.34. The van der Waals surface area contributed by atoms with Crippen LogP contribution >= 0.6 is 11.6 Å². The van der Waals surface area contributed by atoms with Crippen molar-refractivity contribution in [3.63, 3.8) is 0 Å². The number of hydrogen-bond donors (Lipinski definition) is 1. The third-order valence-corrected chi connectivity index (χ3v) is 9.93. The molecule has 2 fully saturated rings. The topological polar surface area (TPSA) is 66.8 Å². The van der Waals surface area contributed by atoms with Gasteiger partial charge in [0, 0.05) is 5.92 Å². The van der Waals surface area contributed by atoms with E-state index < -0.39 is 64.8 Å². The molecule has 12 heteroatoms. The summed E-state index contributed by atoms with van der Waals surface area (Å²) in [6.45, 7) is 3.96. The van der Waals surface area contributed by atoms with Gasteiger partial charge in [-0.15, -0.1) is 0 Å². The van der Waals surface area contributed by atoms with E-state index in [1.54, 1.807) is 6.07 Å². The molecular weight excluding hydrogens is 672 g/mol. The van der Waals surface area contributed by atoms with Crippen molar-refractivity contribution in [2.45, 2.75) is 51.6 Å². The number of amides is 2. The minimum atomic E-state index is -5.14. The molecule has 5 nitrogen and oxygen atoms in total. The van der Waals surface area contributed by atoms with Crippen molar-refractivity contribution in [1.82, 2.24) is 0 Å². The number of ether oxygens (including phenoxy) is 1. The van der Waals surface area contributed by atoms with E-state index in [-0.39, 0.29) is 30.8 Å². The highest BCUT2D eigenvalue weighted by Crippen LogP contribution is 2.52. The van der Waals surface area contributed by atoms with Crippen LogP contribution in [-0.4, -0.2) is 29.6 Å². The fourth-order valence-corrected chi connectivity index (χ4v) is 7.57. The summed E-state index contributed by atoms with van der Waals surface area (Å²) in [6.07, 6.45) is -7.63. The number of halogens is 7. The van der Waals surface area contributed by atoms with E-state index >= 15 is 0 Å². The van der Waals surface area contributed by atoms with Crippen molar-refractivity contribution in [3.8, 4) is 5.75 Å². The number of nitrogens with zero attached hydrogens (tertiary/aromatic N) is 1. The lowest BCUT2D eigenvalue weighted by Gasteiger charge is -2.33. The predicted molar refractivity (Wildman–Crippen MR) is 172 cm³/mol. The van der Waals surface area contributed by atoms with E-state index in [1.165, 1.54) is 12.1 Å². The number of aromatic hydroxyl groups is 1. The maximum atomic E-state index is 13.9. The normalized spacial score (nSPS) is 23.1. The molecule has 0 saturated carbocycles. The standard InChI is InChI=1S/C37H32ClF6NO4/c1-19(2)27-17-28-33(35(48)45(34(28)47)25-14-23(36(39,40)41)13-24(15-25)37(42,43)44)29-18-49-31(32(27)29)11-9-21(20-6-4-3-5-7-20)12-22-8-10-26(46)16-30(22)38/h3-8,10,12-16,19,28-29,31,33,46H,9,11,17-18H2,1-2H3/b21-12-/t28-,29+,31-,33-/m1/s1. The molecule has 2 amide bonds. The number of benzene rings is 3. The molecule has 0 bridgehead atoms. The van der Waals surface area contributed by atoms with Gasteiger partial charge in [0.15, 0.2) is 0 Å². The minimum absolute atomic E-state index is 0.0265. The first-order valence-electron chi connectivity index (χ1n) is 15.8. The van der Waals surface area contributed by atoms with Crippen LogP contribution in [0.15, 0.2) is 77.9 Å². The van der Waals surface area contributed by atoms with Gasteiger partial charge in [0.1, 0.15) is 5.75 Å². The van der Waals surface area contributed by atoms with E-state index in [0.717, 1.165) is 22.3 Å². The molecule has 4 atom stereocenters. The van der Waals surface area contributed by atoms with Crippen LogP contribution in [0.4, 0.5) is 32.0 Å². The average Bonchev–Trinajstić information content (AvgIpc) is 3.56. The molecule has 3 aromatic rings. The second kappa shape index (κ2) is 13.0. The third kappa shape index (κ3) is 6.75. The van der Waals surface area contributed by atoms with Gasteiger partial charge in [0.25, 0.3) is 0 Å². The first-order chi connectivity index (χ1) is 23.0. The lowest BCUT2D eigenvalue weighted by molar-refractivity contribution is -0.143. The summed E-state index contributed by atoms with van der Waals surface area (Å²) >= 11 is 6.42. The summed E-state index contributed by atoms with van der Waals surface area (Å²) in [4.78, 5) is 28.2. The number of alkyl halides is 6. The Morgan fingerprint density at radius 3 is 2.18 bits per heavy atom. The van der Waals surface area contributed by atoms with Gasteiger partial charge in [-0.05, 0) is 89.9 Å². The molecule has 6 rings (SSSR count). The summed E-state index contributed by atoms with van der Waals surface area (Å²) in [6, 6.07) is 15.1. The van der Waals surface area contributed by atoms with Crippen molar-refractivity contribution in [3.05, 3.63) is 105 Å². The molecule has 2 saturated heterocycles. The van der Waals surface area contributed by atoms with Crippen LogP contribution in [-0.2, 0) is 26.7 Å². The zero-order valence-corrected chi connectivity index (χ0v) is 27.2. The summed E-state index contributed by atoms with van der Waals surface area (Å²) in [5, 5.41) is 10.2. The van der Waals surface area contributed by atoms with Crippen LogP contribution in [0.5, 0.6) is 5.75 Å². The number of carbonyl (C=O) groups is 2. The first-order valence-corrected chi connectivity index (χ1v) is 16.2. The molecule has 0 aromatic heterocycles. The van der Waals surface area contributed by atoms with Gasteiger partial charge in [-0.3, -0.25) is 9.59 Å². The molecule has 0 spiro atoms. The highest BCUT2D eigenvalue weighted by atomic mass is 35.5. The molecule has 0 radical (unpaired) electrons. The van der Waals surface area contributed by atoms with Crippen LogP contribution in [0.2, 0.25) is 5.02 Å². The molecule has 1 N–H and O–H groups in total. The van der Waals surface area contributed by atoms with Gasteiger partial charge in [-0.25, -0.2) is 4.90 Å². The maximum Gasteiger partial charge on any atom is 0.416 e. The molecule has 258 valence electrons. The number of fused-ring (bicyclic) bond motifs is 3. The Morgan fingerprint density at radius 1 is 0.939 bits per heavy atom. The summed E-state index contributed by atoms with van der Waals surface area (Å²) in [7, 11) is 0. The van der Waals surface area contributed by atoms with Crippen molar-refractivity contribution in [2.24, 2.45) is 23.7 Å². The molecule has 49 heavy (non-hydrogen) atoms. The van der Waals surface area contributed by atoms with E-state index in [9.17, 15) is 41.0 Å². The Kier molecular flexibility index (Phi) is 9.21. The number of carbonyl (C=O) groups excluding carboxylic acids is 2. The SMILES string of the molecule is CC(C)C1=C2[C@@H](CC/C(=C/c3ccc(O)cc3Cl)c3ccccc3)OC[C@@H]2[C@@H]2C(=O)N(c3cc(C(F)(F)F)cc(C(F)(F)F)c3)C(=O)[C@@H]2C1. The highest BCUT2D eigenvalue weighted by Gasteiger charge is 2.58. The minimum Gasteiger partial charge on any atom is -0.508 e. The van der Waals surface area contributed by atoms with E-state index in [1.807, 2.05) is 50.3 Å². The lowest BCUT2D eigenvalue weighted by Crippen LogP contribution is -2.35. The molecule has 1 aliphatic carbocycles. The van der Waals surface area contributed by atoms with Gasteiger partial charge >= 0.3 is 12.4 Å². The van der Waals surface area contributed by atoms with Gasteiger partial charge in [-0.2, -0.15) is 26.3 Å². The second-order valence-electron chi connectivity index (χ2n) is 13.0. The van der Waals surface area contributed by atoms with Crippen molar-refractivity contribution < 1.29 is 45.8 Å². The summed E-state index contributed by atoms with van der Waals surface area (Å²) in [5.74, 6) is -4.17. The Morgan fingerprint density at radius 2 is 1.59 bits per heavy atom. The second-order valence-corrected chi connectivity index (χ2v) is 13.4. The molecule has 2 aliphatic heterocycles. The number of phenolic OH excluding ortho intramolecular Hbond substituents is 1. The van der Waals surface area contributed by atoms with Crippen LogP contribution in [0.1, 0.15) is 55.4 Å². The number of imide groups is 1. The van der Waals surface area contributed by atoms with Crippen molar-refractivity contribution in [2.75, 3.05) is 11.5 Å². The predicted octanol–water partition coefficient (Wildman–Crippen LogP) is 9.58. The first kappa shape index (κ1) is 34.8. The van der Waals surface area contributed by atoms with Gasteiger partial charge in [-0.1, -0.05) is 61.4 Å². The number of allylic oxidation sites excluding steroid dienone is 2. The smallest absolute Gasteiger partial charge is 0.416 e. The molecule has 3 aromatic carbocycles. The third-order valence-electron chi connectivity index (χ3n) is 9.61. The number of hydrogen-bond acceptors (Lipinski definition) is 4. The van der Waals surface area contributed by atoms with Gasteiger partial charge in [0.05, 0.1) is 46.4 Å². The zero-order chi connectivity index (χ0) is 35.4. The zero-order valence-electron chi connectivity index (χ0n) is 26.4. The van der Waals surface area contributed by atoms with Gasteiger partial charge < -0.3 is 9.84 Å². The fraction of sp³-hybridized carbons (Fsp3) is 0.351. The van der Waals surface area contributed by atoms with Crippen LogP contribution in [0.3, 0.4) is 0 Å². The molecule has 0 unspecified atom stereocenters. The van der Waals surface area contributed by atoms with Crippen molar-refractivity contribution in [1.29, 1.82) is 0 Å². The number of phenols is 1.